The van der Waals surface area contributed by atoms with Crippen molar-refractivity contribution in [1.82, 2.24) is 9.55 Å². The molecule has 2 heterocycles. The Morgan fingerprint density at radius 3 is 2.79 bits per heavy atom. The number of hydrogen-bond acceptors (Lipinski definition) is 8. The number of hydrogen-bond donors (Lipinski definition) is 2. The first-order valence-electron chi connectivity index (χ1n) is 8.97. The lowest BCUT2D eigenvalue weighted by molar-refractivity contribution is -0.156. The Morgan fingerprint density at radius 1 is 1.43 bits per heavy atom. The van der Waals surface area contributed by atoms with E-state index in [0.29, 0.717) is 6.42 Å². The zero-order valence-electron chi connectivity index (χ0n) is 15.9. The smallest absolute Gasteiger partial charge is 0.412 e. The van der Waals surface area contributed by atoms with Gasteiger partial charge in [-0.3, -0.25) is 14.7 Å². The third-order valence-electron chi connectivity index (χ3n) is 4.14. The molecule has 0 aliphatic carbocycles. The van der Waals surface area contributed by atoms with Gasteiger partial charge in [-0.15, -0.1) is 0 Å². The zero-order chi connectivity index (χ0) is 20.8. The number of aliphatic hydroxyl groups is 1. The normalized spacial score (nSPS) is 24.0. The Balaban J connectivity index is 2.15. The zero-order valence-corrected chi connectivity index (χ0v) is 15.9. The highest BCUT2D eigenvalue weighted by atomic mass is 19.1. The summed E-state index contributed by atoms with van der Waals surface area (Å²) in [5.74, 6) is -2.32. The average molecular weight is 401 g/mol. The van der Waals surface area contributed by atoms with Crippen molar-refractivity contribution < 1.29 is 33.3 Å². The van der Waals surface area contributed by atoms with E-state index in [9.17, 15) is 23.9 Å². The molecule has 1 aliphatic heterocycles. The van der Waals surface area contributed by atoms with Crippen molar-refractivity contribution in [2.45, 2.75) is 64.6 Å². The molecule has 2 unspecified atom stereocenters. The van der Waals surface area contributed by atoms with Crippen LogP contribution in [0.4, 0.5) is 15.0 Å². The summed E-state index contributed by atoms with van der Waals surface area (Å²) < 4.78 is 30.4. The number of halogens is 1. The van der Waals surface area contributed by atoms with Gasteiger partial charge in [0.25, 0.3) is 0 Å². The first kappa shape index (κ1) is 21.8. The molecule has 11 heteroatoms. The van der Waals surface area contributed by atoms with Crippen molar-refractivity contribution in [3.63, 3.8) is 0 Å². The lowest BCUT2D eigenvalue weighted by atomic mass is 10.1. The minimum Gasteiger partial charge on any atom is -0.455 e. The van der Waals surface area contributed by atoms with Gasteiger partial charge >= 0.3 is 17.8 Å². The molecule has 0 radical (unpaired) electrons. The van der Waals surface area contributed by atoms with E-state index in [4.69, 9.17) is 14.2 Å². The van der Waals surface area contributed by atoms with Crippen LogP contribution in [-0.2, 0) is 19.0 Å². The van der Waals surface area contributed by atoms with E-state index in [2.05, 4.69) is 10.3 Å². The third-order valence-corrected chi connectivity index (χ3v) is 4.14. The van der Waals surface area contributed by atoms with Gasteiger partial charge in [0.15, 0.2) is 24.0 Å². The van der Waals surface area contributed by atoms with Crippen LogP contribution in [0, 0.1) is 5.82 Å². The number of nitrogens with one attached hydrogen (secondary N) is 1. The van der Waals surface area contributed by atoms with Gasteiger partial charge in [-0.2, -0.15) is 4.98 Å². The van der Waals surface area contributed by atoms with Crippen LogP contribution in [0.25, 0.3) is 0 Å². The average Bonchev–Trinajstić information content (AvgIpc) is 2.89. The molecule has 28 heavy (non-hydrogen) atoms. The fourth-order valence-corrected chi connectivity index (χ4v) is 2.72. The molecule has 4 atom stereocenters. The Hall–Kier alpha value is -2.53. The summed E-state index contributed by atoms with van der Waals surface area (Å²) in [6.45, 7) is 4.80. The second kappa shape index (κ2) is 9.60. The fraction of sp³-hybridized carbons (Fsp3) is 0.647. The van der Waals surface area contributed by atoms with Crippen molar-refractivity contribution in [2.24, 2.45) is 0 Å². The maximum absolute atomic E-state index is 14.4. The third kappa shape index (κ3) is 5.26. The first-order chi connectivity index (χ1) is 13.2. The van der Waals surface area contributed by atoms with Crippen LogP contribution in [0.5, 0.6) is 0 Å². The van der Waals surface area contributed by atoms with Crippen molar-refractivity contribution in [1.29, 1.82) is 0 Å². The van der Waals surface area contributed by atoms with E-state index in [1.807, 2.05) is 6.92 Å². The summed E-state index contributed by atoms with van der Waals surface area (Å²) in [6.07, 6.45) is -2.13. The van der Waals surface area contributed by atoms with Crippen LogP contribution >= 0.6 is 0 Å². The highest BCUT2D eigenvalue weighted by Crippen LogP contribution is 2.31. The summed E-state index contributed by atoms with van der Waals surface area (Å²) in [5.41, 5.74) is -0.967. The summed E-state index contributed by atoms with van der Waals surface area (Å²) in [5, 5.41) is 12.2. The van der Waals surface area contributed by atoms with Gasteiger partial charge in [-0.25, -0.2) is 14.0 Å². The molecule has 0 bridgehead atoms. The maximum Gasteiger partial charge on any atom is 0.412 e. The second-order valence-electron chi connectivity index (χ2n) is 6.39. The molecule has 1 amide bonds. The van der Waals surface area contributed by atoms with Crippen molar-refractivity contribution >= 4 is 17.9 Å². The molecule has 0 spiro atoms. The topological polar surface area (TPSA) is 129 Å². The summed E-state index contributed by atoms with van der Waals surface area (Å²) in [4.78, 5) is 38.7. The van der Waals surface area contributed by atoms with Gasteiger partial charge in [-0.05, 0) is 13.3 Å². The van der Waals surface area contributed by atoms with Crippen LogP contribution < -0.4 is 11.0 Å². The number of esters is 1. The number of rotatable bonds is 7. The van der Waals surface area contributed by atoms with Crippen LogP contribution in [-0.4, -0.2) is 51.6 Å². The van der Waals surface area contributed by atoms with Crippen molar-refractivity contribution in [2.75, 3.05) is 11.9 Å². The van der Waals surface area contributed by atoms with E-state index < -0.39 is 53.9 Å². The molecule has 1 aliphatic rings. The Morgan fingerprint density at radius 2 is 2.14 bits per heavy atom. The van der Waals surface area contributed by atoms with Crippen LogP contribution in [0.3, 0.4) is 0 Å². The molecule has 156 valence electrons. The molecular weight excluding hydrogens is 377 g/mol. The van der Waals surface area contributed by atoms with E-state index in [-0.39, 0.29) is 6.61 Å². The van der Waals surface area contributed by atoms with Crippen LogP contribution in [0.1, 0.15) is 46.3 Å². The standard InChI is InChI=1S/C17H24FN3O7/c1-4-5-6-7-26-17(25)20-14-11(18)8-21(16(24)19-14)15-13(28-10(3)22)12(23)9(2)27-15/h8-9,12-13,15,23H,4-7H2,1-3H3,(H,19,20,24,25)/t9?,12-,13-,15?/m1/s1. The summed E-state index contributed by atoms with van der Waals surface area (Å²) >= 11 is 0. The predicted octanol–water partition coefficient (Wildman–Crippen LogP) is 1.33. The van der Waals surface area contributed by atoms with Gasteiger partial charge in [0.05, 0.1) is 18.9 Å². The Labute approximate surface area is 160 Å². The fourth-order valence-electron chi connectivity index (χ4n) is 2.72. The molecule has 1 aromatic rings. The molecule has 2 rings (SSSR count). The van der Waals surface area contributed by atoms with Gasteiger partial charge in [0, 0.05) is 6.92 Å². The van der Waals surface area contributed by atoms with Crippen LogP contribution in [0.2, 0.25) is 0 Å². The molecule has 10 nitrogen and oxygen atoms in total. The Kier molecular flexibility index (Phi) is 7.46. The van der Waals surface area contributed by atoms with Crippen LogP contribution in [0.15, 0.2) is 11.0 Å². The highest BCUT2D eigenvalue weighted by molar-refractivity contribution is 5.83. The monoisotopic (exact) mass is 401 g/mol. The minimum absolute atomic E-state index is 0.161. The number of amides is 1. The quantitative estimate of drug-likeness (QED) is 0.517. The molecule has 1 saturated heterocycles. The molecule has 1 aromatic heterocycles. The van der Waals surface area contributed by atoms with E-state index in [0.717, 1.165) is 30.5 Å². The van der Waals surface area contributed by atoms with Crippen molar-refractivity contribution in [3.05, 3.63) is 22.5 Å². The first-order valence-corrected chi connectivity index (χ1v) is 8.97. The van der Waals surface area contributed by atoms with Gasteiger partial charge in [0.2, 0.25) is 0 Å². The lowest BCUT2D eigenvalue weighted by Gasteiger charge is -2.21. The van der Waals surface area contributed by atoms with Crippen molar-refractivity contribution in [3.8, 4) is 0 Å². The number of anilines is 1. The SMILES string of the molecule is CCCCCOC(=O)Nc1nc(=O)n(C2OC(C)[C@@H](O)[C@H]2OC(C)=O)cc1F. The minimum atomic E-state index is -1.27. The number of aromatic nitrogens is 2. The van der Waals surface area contributed by atoms with E-state index in [1.54, 1.807) is 0 Å². The number of unbranched alkanes of at least 4 members (excludes halogenated alkanes) is 2. The number of carbonyl (C=O) groups is 2. The molecule has 0 aromatic carbocycles. The highest BCUT2D eigenvalue weighted by Gasteiger charge is 2.45. The van der Waals surface area contributed by atoms with E-state index >= 15 is 0 Å². The maximum atomic E-state index is 14.4. The molecule has 1 fully saturated rings. The summed E-state index contributed by atoms with van der Waals surface area (Å²) in [7, 11) is 0. The lowest BCUT2D eigenvalue weighted by Crippen LogP contribution is -2.38. The van der Waals surface area contributed by atoms with Gasteiger partial charge < -0.3 is 19.3 Å². The van der Waals surface area contributed by atoms with Gasteiger partial charge in [0.1, 0.15) is 6.10 Å². The largest absolute Gasteiger partial charge is 0.455 e. The molecule has 0 saturated carbocycles. The summed E-state index contributed by atoms with van der Waals surface area (Å²) in [6, 6.07) is 0. The molecule has 2 N–H and O–H groups in total. The predicted molar refractivity (Wildman–Crippen MR) is 94.1 cm³/mol. The second-order valence-corrected chi connectivity index (χ2v) is 6.39. The number of nitrogens with zero attached hydrogens (tertiary/aromatic N) is 2. The number of ether oxygens (including phenoxy) is 3. The number of aliphatic hydroxyl groups excluding tert-OH is 1. The molecular formula is C17H24FN3O7. The van der Waals surface area contributed by atoms with E-state index in [1.165, 1.54) is 6.92 Å². The Bertz CT molecular complexity index is 770. The number of carbonyl (C=O) groups excluding carboxylic acids is 2. The van der Waals surface area contributed by atoms with Gasteiger partial charge in [-0.1, -0.05) is 19.8 Å².